The second kappa shape index (κ2) is 7.99. The first-order valence-corrected chi connectivity index (χ1v) is 8.58. The van der Waals surface area contributed by atoms with Crippen molar-refractivity contribution >= 4 is 11.0 Å². The van der Waals surface area contributed by atoms with Crippen LogP contribution in [0.25, 0.3) is 22.1 Å². The topological polar surface area (TPSA) is 57.9 Å². The second-order valence-corrected chi connectivity index (χ2v) is 6.27. The van der Waals surface area contributed by atoms with Gasteiger partial charge in [0.1, 0.15) is 18.6 Å². The van der Waals surface area contributed by atoms with Crippen LogP contribution in [0.2, 0.25) is 0 Å². The minimum Gasteiger partial charge on any atom is -0.497 e. The van der Waals surface area contributed by atoms with Crippen molar-refractivity contribution < 1.29 is 18.6 Å². The summed E-state index contributed by atoms with van der Waals surface area (Å²) in [6, 6.07) is 10.7. The lowest BCUT2D eigenvalue weighted by molar-refractivity contribution is 0.325. The van der Waals surface area contributed by atoms with Crippen molar-refractivity contribution in [3.63, 3.8) is 0 Å². The molecule has 3 aromatic rings. The van der Waals surface area contributed by atoms with Gasteiger partial charge in [0.15, 0.2) is 11.3 Å². The fraction of sp³-hybridized carbons (Fsp3) is 0.227. The molecule has 5 nitrogen and oxygen atoms in total. The zero-order valence-electron chi connectivity index (χ0n) is 15.9. The molecular formula is C22H22O5. The molecule has 140 valence electrons. The molecule has 1 heterocycles. The van der Waals surface area contributed by atoms with Crippen LogP contribution in [0.3, 0.4) is 0 Å². The molecule has 0 unspecified atom stereocenters. The molecule has 0 amide bonds. The predicted octanol–water partition coefficient (Wildman–Crippen LogP) is 4.82. The van der Waals surface area contributed by atoms with Gasteiger partial charge in [0.25, 0.3) is 0 Å². The SMILES string of the molecule is COc1ccc(-c2coc3c(OC)c(OCC=C(C)C)ccc3c2=O)cc1. The Morgan fingerprint density at radius 3 is 2.41 bits per heavy atom. The Kier molecular flexibility index (Phi) is 5.50. The summed E-state index contributed by atoms with van der Waals surface area (Å²) in [5.41, 5.74) is 2.63. The Bertz CT molecular complexity index is 1020. The quantitative estimate of drug-likeness (QED) is 0.585. The summed E-state index contributed by atoms with van der Waals surface area (Å²) in [5, 5.41) is 0.440. The van der Waals surface area contributed by atoms with Crippen molar-refractivity contribution in [1.82, 2.24) is 0 Å². The molecule has 0 aliphatic heterocycles. The molecule has 5 heteroatoms. The monoisotopic (exact) mass is 366 g/mol. The molecule has 1 aromatic heterocycles. The minimum absolute atomic E-state index is 0.129. The van der Waals surface area contributed by atoms with E-state index in [1.54, 1.807) is 31.4 Å². The highest BCUT2D eigenvalue weighted by molar-refractivity contribution is 5.88. The van der Waals surface area contributed by atoms with Gasteiger partial charge in [0.2, 0.25) is 11.2 Å². The molecule has 0 bridgehead atoms. The molecule has 0 saturated carbocycles. The summed E-state index contributed by atoms with van der Waals surface area (Å²) >= 11 is 0. The molecule has 0 N–H and O–H groups in total. The van der Waals surface area contributed by atoms with Crippen LogP contribution in [0.4, 0.5) is 0 Å². The van der Waals surface area contributed by atoms with Crippen molar-refractivity contribution in [2.75, 3.05) is 20.8 Å². The lowest BCUT2D eigenvalue weighted by atomic mass is 10.1. The molecule has 27 heavy (non-hydrogen) atoms. The molecule has 0 atom stereocenters. The molecule has 0 aliphatic rings. The smallest absolute Gasteiger partial charge is 0.204 e. The summed E-state index contributed by atoms with van der Waals surface area (Å²) in [4.78, 5) is 13.0. The van der Waals surface area contributed by atoms with Crippen molar-refractivity contribution in [2.45, 2.75) is 13.8 Å². The molecule has 0 aliphatic carbocycles. The predicted molar refractivity (Wildman–Crippen MR) is 106 cm³/mol. The maximum absolute atomic E-state index is 13.0. The summed E-state index contributed by atoms with van der Waals surface area (Å²) in [5.74, 6) is 1.67. The fourth-order valence-corrected chi connectivity index (χ4v) is 2.73. The first kappa shape index (κ1) is 18.6. The standard InChI is InChI=1S/C22H22O5/c1-14(2)11-12-26-19-10-9-17-20(23)18(13-27-21(17)22(19)25-4)15-5-7-16(24-3)8-6-15/h5-11,13H,12H2,1-4H3. The average molecular weight is 366 g/mol. The number of rotatable bonds is 6. The number of methoxy groups -OCH3 is 2. The van der Waals surface area contributed by atoms with E-state index in [1.807, 2.05) is 32.1 Å². The summed E-state index contributed by atoms with van der Waals surface area (Å²) < 4.78 is 22.1. The van der Waals surface area contributed by atoms with Crippen LogP contribution in [0.1, 0.15) is 13.8 Å². The number of hydrogen-bond donors (Lipinski definition) is 0. The van der Waals surface area contributed by atoms with Crippen LogP contribution in [-0.4, -0.2) is 20.8 Å². The lowest BCUT2D eigenvalue weighted by Gasteiger charge is -2.12. The van der Waals surface area contributed by atoms with E-state index in [4.69, 9.17) is 18.6 Å². The summed E-state index contributed by atoms with van der Waals surface area (Å²) in [7, 11) is 3.13. The van der Waals surface area contributed by atoms with Crippen LogP contribution in [0, 0.1) is 0 Å². The van der Waals surface area contributed by atoms with Gasteiger partial charge in [0.05, 0.1) is 25.2 Å². The van der Waals surface area contributed by atoms with Gasteiger partial charge < -0.3 is 18.6 Å². The first-order valence-electron chi connectivity index (χ1n) is 8.58. The van der Waals surface area contributed by atoms with E-state index < -0.39 is 0 Å². The van der Waals surface area contributed by atoms with E-state index in [-0.39, 0.29) is 5.43 Å². The van der Waals surface area contributed by atoms with Crippen molar-refractivity contribution in [1.29, 1.82) is 0 Å². The van der Waals surface area contributed by atoms with Gasteiger partial charge in [0, 0.05) is 0 Å². The van der Waals surface area contributed by atoms with Crippen LogP contribution in [-0.2, 0) is 0 Å². The number of fused-ring (bicyclic) bond motifs is 1. The average Bonchev–Trinajstić information content (AvgIpc) is 2.68. The molecular weight excluding hydrogens is 344 g/mol. The van der Waals surface area contributed by atoms with E-state index in [0.717, 1.165) is 16.9 Å². The van der Waals surface area contributed by atoms with Gasteiger partial charge in [-0.25, -0.2) is 0 Å². The molecule has 0 fully saturated rings. The Morgan fingerprint density at radius 1 is 1.04 bits per heavy atom. The third-order valence-electron chi connectivity index (χ3n) is 4.20. The van der Waals surface area contributed by atoms with Crippen LogP contribution < -0.4 is 19.6 Å². The Hall–Kier alpha value is -3.21. The third-order valence-corrected chi connectivity index (χ3v) is 4.20. The van der Waals surface area contributed by atoms with E-state index in [0.29, 0.717) is 34.6 Å². The Labute approximate surface area is 157 Å². The van der Waals surface area contributed by atoms with E-state index in [9.17, 15) is 4.79 Å². The fourth-order valence-electron chi connectivity index (χ4n) is 2.73. The number of benzene rings is 2. The first-order chi connectivity index (χ1) is 13.0. The van der Waals surface area contributed by atoms with E-state index in [1.165, 1.54) is 13.4 Å². The van der Waals surface area contributed by atoms with Crippen molar-refractivity contribution in [3.05, 3.63) is 64.5 Å². The molecule has 0 spiro atoms. The number of hydrogen-bond acceptors (Lipinski definition) is 5. The van der Waals surface area contributed by atoms with Gasteiger partial charge >= 0.3 is 0 Å². The highest BCUT2D eigenvalue weighted by atomic mass is 16.5. The number of ether oxygens (including phenoxy) is 3. The van der Waals surface area contributed by atoms with Crippen molar-refractivity contribution in [3.8, 4) is 28.4 Å². The molecule has 3 rings (SSSR count). The zero-order chi connectivity index (χ0) is 19.4. The second-order valence-electron chi connectivity index (χ2n) is 6.27. The van der Waals surface area contributed by atoms with E-state index >= 15 is 0 Å². The summed E-state index contributed by atoms with van der Waals surface area (Å²) in [6.45, 7) is 4.42. The van der Waals surface area contributed by atoms with Gasteiger partial charge in [-0.15, -0.1) is 0 Å². The van der Waals surface area contributed by atoms with Gasteiger partial charge in [-0.2, -0.15) is 0 Å². The van der Waals surface area contributed by atoms with Gasteiger partial charge in [-0.3, -0.25) is 4.79 Å². The maximum Gasteiger partial charge on any atom is 0.204 e. The zero-order valence-corrected chi connectivity index (χ0v) is 15.9. The highest BCUT2D eigenvalue weighted by Gasteiger charge is 2.16. The van der Waals surface area contributed by atoms with Crippen molar-refractivity contribution in [2.24, 2.45) is 0 Å². The third kappa shape index (κ3) is 3.82. The molecule has 0 saturated heterocycles. The largest absolute Gasteiger partial charge is 0.497 e. The summed E-state index contributed by atoms with van der Waals surface area (Å²) in [6.07, 6.45) is 3.42. The van der Waals surface area contributed by atoms with Gasteiger partial charge in [-0.1, -0.05) is 17.7 Å². The molecule has 0 radical (unpaired) electrons. The van der Waals surface area contributed by atoms with Crippen LogP contribution in [0.15, 0.2) is 63.5 Å². The number of allylic oxidation sites excluding steroid dienone is 1. The van der Waals surface area contributed by atoms with Crippen LogP contribution >= 0.6 is 0 Å². The lowest BCUT2D eigenvalue weighted by Crippen LogP contribution is -2.06. The Morgan fingerprint density at radius 2 is 1.78 bits per heavy atom. The minimum atomic E-state index is -0.129. The maximum atomic E-state index is 13.0. The normalized spacial score (nSPS) is 10.5. The van der Waals surface area contributed by atoms with Gasteiger partial charge in [-0.05, 0) is 49.8 Å². The van der Waals surface area contributed by atoms with Crippen LogP contribution in [0.5, 0.6) is 17.2 Å². The Balaban J connectivity index is 2.05. The molecule has 2 aromatic carbocycles. The highest BCUT2D eigenvalue weighted by Crippen LogP contribution is 2.35. The van der Waals surface area contributed by atoms with E-state index in [2.05, 4.69) is 0 Å².